The SMILES string of the molecule is O=C(NO)[C@@H]1CCCS(=O)(=O)N1Cc1ccc(-c2ccc(C(F)(F)F)cc2)cc1. The molecule has 1 saturated heterocycles. The van der Waals surface area contributed by atoms with Crippen LogP contribution in [0.1, 0.15) is 24.0 Å². The van der Waals surface area contributed by atoms with E-state index in [1.54, 1.807) is 24.3 Å². The quantitative estimate of drug-likeness (QED) is 0.579. The highest BCUT2D eigenvalue weighted by atomic mass is 32.2. The molecule has 3 rings (SSSR count). The fourth-order valence-electron chi connectivity index (χ4n) is 3.29. The molecule has 156 valence electrons. The molecule has 10 heteroatoms. The number of alkyl halides is 3. The van der Waals surface area contributed by atoms with Crippen LogP contribution in [0.5, 0.6) is 0 Å². The molecular weight excluding hydrogens is 409 g/mol. The number of hydrogen-bond donors (Lipinski definition) is 2. The maximum absolute atomic E-state index is 12.7. The summed E-state index contributed by atoms with van der Waals surface area (Å²) in [4.78, 5) is 11.8. The van der Waals surface area contributed by atoms with Crippen LogP contribution in [-0.4, -0.2) is 35.6 Å². The lowest BCUT2D eigenvalue weighted by Crippen LogP contribution is -2.51. The number of nitrogens with zero attached hydrogens (tertiary/aromatic N) is 1. The Labute approximate surface area is 166 Å². The summed E-state index contributed by atoms with van der Waals surface area (Å²) in [6.45, 7) is -0.0479. The zero-order valence-electron chi connectivity index (χ0n) is 15.2. The van der Waals surface area contributed by atoms with Crippen molar-refractivity contribution >= 4 is 15.9 Å². The number of benzene rings is 2. The standard InChI is InChI=1S/C19H19F3N2O4S/c20-19(21,22)16-9-7-15(8-10-16)14-5-3-13(4-6-14)12-24-17(18(25)23-26)2-1-11-29(24,27)28/h3-10,17,26H,1-2,11-12H2,(H,23,25)/t17-/m0/s1. The van der Waals surface area contributed by atoms with E-state index < -0.39 is 33.7 Å². The normalized spacial score (nSPS) is 19.7. The van der Waals surface area contributed by atoms with Crippen molar-refractivity contribution < 1.29 is 31.6 Å². The molecule has 0 saturated carbocycles. The van der Waals surface area contributed by atoms with Gasteiger partial charge in [0, 0.05) is 6.54 Å². The number of hydroxylamine groups is 1. The molecule has 1 aliphatic rings. The van der Waals surface area contributed by atoms with Gasteiger partial charge in [-0.2, -0.15) is 17.5 Å². The third-order valence-corrected chi connectivity index (χ3v) is 6.74. The lowest BCUT2D eigenvalue weighted by atomic mass is 10.0. The smallest absolute Gasteiger partial charge is 0.289 e. The van der Waals surface area contributed by atoms with Gasteiger partial charge in [-0.1, -0.05) is 36.4 Å². The van der Waals surface area contributed by atoms with Crippen LogP contribution in [0, 0.1) is 0 Å². The third kappa shape index (κ3) is 4.77. The number of nitrogens with one attached hydrogen (secondary N) is 1. The number of hydrogen-bond acceptors (Lipinski definition) is 4. The Morgan fingerprint density at radius 2 is 1.62 bits per heavy atom. The van der Waals surface area contributed by atoms with Crippen LogP contribution < -0.4 is 5.48 Å². The second-order valence-electron chi connectivity index (χ2n) is 6.77. The molecule has 0 bridgehead atoms. The average molecular weight is 428 g/mol. The number of amides is 1. The first kappa shape index (κ1) is 21.3. The number of rotatable bonds is 4. The summed E-state index contributed by atoms with van der Waals surface area (Å²) >= 11 is 0. The van der Waals surface area contributed by atoms with Gasteiger partial charge in [0.15, 0.2) is 0 Å². The van der Waals surface area contributed by atoms with E-state index in [4.69, 9.17) is 5.21 Å². The lowest BCUT2D eigenvalue weighted by Gasteiger charge is -2.33. The second-order valence-corrected chi connectivity index (χ2v) is 8.81. The molecule has 6 nitrogen and oxygen atoms in total. The summed E-state index contributed by atoms with van der Waals surface area (Å²) in [6.07, 6.45) is -3.78. The van der Waals surface area contributed by atoms with Gasteiger partial charge in [-0.05, 0) is 41.7 Å². The van der Waals surface area contributed by atoms with Crippen LogP contribution in [-0.2, 0) is 27.5 Å². The molecule has 0 spiro atoms. The Kier molecular flexibility index (Phi) is 5.97. The van der Waals surface area contributed by atoms with Gasteiger partial charge in [-0.15, -0.1) is 0 Å². The molecule has 1 heterocycles. The molecule has 0 radical (unpaired) electrons. The summed E-state index contributed by atoms with van der Waals surface area (Å²) in [5.74, 6) is -0.860. The minimum Gasteiger partial charge on any atom is -0.289 e. The number of halogens is 3. The third-order valence-electron chi connectivity index (χ3n) is 4.84. The van der Waals surface area contributed by atoms with Gasteiger partial charge in [0.2, 0.25) is 10.0 Å². The molecule has 1 aliphatic heterocycles. The summed E-state index contributed by atoms with van der Waals surface area (Å²) < 4.78 is 63.9. The molecule has 1 atom stereocenters. The molecule has 2 aromatic rings. The topological polar surface area (TPSA) is 86.7 Å². The molecule has 1 fully saturated rings. The highest BCUT2D eigenvalue weighted by molar-refractivity contribution is 7.89. The van der Waals surface area contributed by atoms with Gasteiger partial charge in [-0.3, -0.25) is 10.0 Å². The minimum atomic E-state index is -4.40. The van der Waals surface area contributed by atoms with Gasteiger partial charge in [-0.25, -0.2) is 13.9 Å². The van der Waals surface area contributed by atoms with E-state index in [0.29, 0.717) is 29.5 Å². The van der Waals surface area contributed by atoms with Crippen LogP contribution in [0.2, 0.25) is 0 Å². The van der Waals surface area contributed by atoms with Crippen molar-refractivity contribution in [3.8, 4) is 11.1 Å². The molecule has 2 aromatic carbocycles. The predicted molar refractivity (Wildman–Crippen MR) is 99.2 cm³/mol. The fraction of sp³-hybridized carbons (Fsp3) is 0.316. The number of sulfonamides is 1. The summed E-state index contributed by atoms with van der Waals surface area (Å²) in [6, 6.07) is 10.4. The average Bonchev–Trinajstić information content (AvgIpc) is 2.68. The van der Waals surface area contributed by atoms with Crippen molar-refractivity contribution in [2.24, 2.45) is 0 Å². The molecule has 1 amide bonds. The predicted octanol–water partition coefficient (Wildman–Crippen LogP) is 3.17. The Morgan fingerprint density at radius 1 is 1.07 bits per heavy atom. The van der Waals surface area contributed by atoms with Gasteiger partial charge in [0.05, 0.1) is 11.3 Å². The van der Waals surface area contributed by atoms with Crippen molar-refractivity contribution in [2.75, 3.05) is 5.75 Å². The maximum atomic E-state index is 12.7. The molecule has 0 unspecified atom stereocenters. The van der Waals surface area contributed by atoms with E-state index in [-0.39, 0.29) is 12.3 Å². The van der Waals surface area contributed by atoms with Crippen LogP contribution in [0.4, 0.5) is 13.2 Å². The van der Waals surface area contributed by atoms with Crippen LogP contribution in [0.15, 0.2) is 48.5 Å². The van der Waals surface area contributed by atoms with E-state index in [2.05, 4.69) is 0 Å². The molecular formula is C19H19F3N2O4S. The molecule has 29 heavy (non-hydrogen) atoms. The summed E-state index contributed by atoms with van der Waals surface area (Å²) in [7, 11) is -3.65. The highest BCUT2D eigenvalue weighted by Gasteiger charge is 2.38. The van der Waals surface area contributed by atoms with Crippen molar-refractivity contribution in [1.82, 2.24) is 9.79 Å². The summed E-state index contributed by atoms with van der Waals surface area (Å²) in [5, 5.41) is 8.88. The summed E-state index contributed by atoms with van der Waals surface area (Å²) in [5.41, 5.74) is 2.65. The molecule has 2 N–H and O–H groups in total. The zero-order valence-corrected chi connectivity index (χ0v) is 16.0. The first-order valence-corrected chi connectivity index (χ1v) is 10.4. The van der Waals surface area contributed by atoms with Crippen molar-refractivity contribution in [2.45, 2.75) is 31.6 Å². The van der Waals surface area contributed by atoms with Gasteiger partial charge >= 0.3 is 6.18 Å². The first-order valence-electron chi connectivity index (χ1n) is 8.82. The first-order chi connectivity index (χ1) is 13.6. The molecule has 0 aromatic heterocycles. The van der Waals surface area contributed by atoms with Crippen molar-refractivity contribution in [1.29, 1.82) is 0 Å². The molecule has 0 aliphatic carbocycles. The lowest BCUT2D eigenvalue weighted by molar-refractivity contribution is -0.137. The number of carbonyl (C=O) groups excluding carboxylic acids is 1. The Morgan fingerprint density at radius 3 is 2.14 bits per heavy atom. The maximum Gasteiger partial charge on any atom is 0.416 e. The Bertz CT molecular complexity index is 974. The van der Waals surface area contributed by atoms with E-state index in [1.165, 1.54) is 17.6 Å². The van der Waals surface area contributed by atoms with E-state index >= 15 is 0 Å². The monoisotopic (exact) mass is 428 g/mol. The van der Waals surface area contributed by atoms with E-state index in [9.17, 15) is 26.4 Å². The van der Waals surface area contributed by atoms with Crippen molar-refractivity contribution in [3.63, 3.8) is 0 Å². The van der Waals surface area contributed by atoms with Crippen molar-refractivity contribution in [3.05, 3.63) is 59.7 Å². The van der Waals surface area contributed by atoms with Gasteiger partial charge in [0.25, 0.3) is 5.91 Å². The fourth-order valence-corrected chi connectivity index (χ4v) is 4.99. The van der Waals surface area contributed by atoms with Gasteiger partial charge in [0.1, 0.15) is 6.04 Å². The van der Waals surface area contributed by atoms with Crippen LogP contribution >= 0.6 is 0 Å². The minimum absolute atomic E-state index is 0.0479. The highest BCUT2D eigenvalue weighted by Crippen LogP contribution is 2.31. The largest absolute Gasteiger partial charge is 0.416 e. The van der Waals surface area contributed by atoms with E-state index in [0.717, 1.165) is 16.4 Å². The zero-order chi connectivity index (χ0) is 21.2. The van der Waals surface area contributed by atoms with E-state index in [1.807, 2.05) is 0 Å². The van der Waals surface area contributed by atoms with Crippen LogP contribution in [0.3, 0.4) is 0 Å². The Hall–Kier alpha value is -2.43. The van der Waals surface area contributed by atoms with Crippen LogP contribution in [0.25, 0.3) is 11.1 Å². The Balaban J connectivity index is 1.80. The van der Waals surface area contributed by atoms with Gasteiger partial charge < -0.3 is 0 Å². The second kappa shape index (κ2) is 8.13. The number of carbonyl (C=O) groups is 1.